The van der Waals surface area contributed by atoms with Gasteiger partial charge in [0.2, 0.25) is 0 Å². The lowest BCUT2D eigenvalue weighted by Gasteiger charge is -2.12. The van der Waals surface area contributed by atoms with Crippen molar-refractivity contribution in [3.63, 3.8) is 0 Å². The highest BCUT2D eigenvalue weighted by Gasteiger charge is 2.18. The summed E-state index contributed by atoms with van der Waals surface area (Å²) in [5.41, 5.74) is 6.70. The van der Waals surface area contributed by atoms with Gasteiger partial charge >= 0.3 is 5.97 Å². The van der Waals surface area contributed by atoms with Gasteiger partial charge in [-0.05, 0) is 30.3 Å². The van der Waals surface area contributed by atoms with Crippen molar-refractivity contribution in [2.75, 3.05) is 24.8 Å². The van der Waals surface area contributed by atoms with E-state index in [0.717, 1.165) is 9.79 Å². The number of carbonyl (C=O) groups excluding carboxylic acids is 2. The SMILES string of the molecule is COc1cc(N)c(Cl)cc1C(=O)OCC(=O)Nc1ccccc1Sc1ccccc1. The van der Waals surface area contributed by atoms with Crippen LogP contribution in [-0.2, 0) is 9.53 Å². The molecule has 0 bridgehead atoms. The maximum atomic E-state index is 12.4. The predicted octanol–water partition coefficient (Wildman–Crippen LogP) is 4.88. The molecule has 0 aliphatic heterocycles. The number of rotatable bonds is 7. The molecule has 0 spiro atoms. The van der Waals surface area contributed by atoms with Crippen LogP contribution in [0.1, 0.15) is 10.4 Å². The highest BCUT2D eigenvalue weighted by atomic mass is 35.5. The van der Waals surface area contributed by atoms with Crippen molar-refractivity contribution in [3.05, 3.63) is 77.3 Å². The minimum Gasteiger partial charge on any atom is -0.496 e. The summed E-state index contributed by atoms with van der Waals surface area (Å²) >= 11 is 7.49. The third kappa shape index (κ3) is 5.46. The van der Waals surface area contributed by atoms with Crippen molar-refractivity contribution in [1.82, 2.24) is 0 Å². The number of hydrogen-bond donors (Lipinski definition) is 2. The number of ether oxygens (including phenoxy) is 2. The van der Waals surface area contributed by atoms with Gasteiger partial charge in [0.15, 0.2) is 6.61 Å². The average Bonchev–Trinajstić information content (AvgIpc) is 2.75. The average molecular weight is 443 g/mol. The molecule has 30 heavy (non-hydrogen) atoms. The molecular formula is C22H19ClN2O4S. The second kappa shape index (κ2) is 10.0. The molecule has 3 aromatic rings. The van der Waals surface area contributed by atoms with Crippen LogP contribution in [0.15, 0.2) is 76.5 Å². The van der Waals surface area contributed by atoms with E-state index in [4.69, 9.17) is 26.8 Å². The molecular weight excluding hydrogens is 424 g/mol. The first-order valence-corrected chi connectivity index (χ1v) is 10.1. The van der Waals surface area contributed by atoms with Crippen molar-refractivity contribution < 1.29 is 19.1 Å². The number of benzene rings is 3. The minimum atomic E-state index is -0.740. The second-order valence-corrected chi connectivity index (χ2v) is 7.63. The van der Waals surface area contributed by atoms with Gasteiger partial charge in [0, 0.05) is 15.9 Å². The fourth-order valence-corrected chi connectivity index (χ4v) is 3.65. The summed E-state index contributed by atoms with van der Waals surface area (Å²) in [6, 6.07) is 20.0. The summed E-state index contributed by atoms with van der Waals surface area (Å²) in [5.74, 6) is -0.993. The van der Waals surface area contributed by atoms with Crippen LogP contribution in [0.2, 0.25) is 5.02 Å². The normalized spacial score (nSPS) is 10.3. The van der Waals surface area contributed by atoms with Crippen LogP contribution in [0, 0.1) is 0 Å². The summed E-state index contributed by atoms with van der Waals surface area (Å²) < 4.78 is 10.3. The Morgan fingerprint density at radius 3 is 2.50 bits per heavy atom. The molecule has 0 saturated carbocycles. The molecule has 0 aliphatic carbocycles. The van der Waals surface area contributed by atoms with Crippen molar-refractivity contribution in [2.45, 2.75) is 9.79 Å². The van der Waals surface area contributed by atoms with Crippen LogP contribution in [0.3, 0.4) is 0 Å². The summed E-state index contributed by atoms with van der Waals surface area (Å²) in [4.78, 5) is 26.6. The number of carbonyl (C=O) groups is 2. The number of hydrogen-bond acceptors (Lipinski definition) is 6. The monoisotopic (exact) mass is 442 g/mol. The van der Waals surface area contributed by atoms with Crippen molar-refractivity contribution in [3.8, 4) is 5.75 Å². The molecule has 0 aliphatic rings. The molecule has 0 radical (unpaired) electrons. The Kier molecular flexibility index (Phi) is 7.21. The zero-order valence-electron chi connectivity index (χ0n) is 16.1. The van der Waals surface area contributed by atoms with Crippen LogP contribution >= 0.6 is 23.4 Å². The fourth-order valence-electron chi connectivity index (χ4n) is 2.57. The summed E-state index contributed by atoms with van der Waals surface area (Å²) in [7, 11) is 1.40. The number of methoxy groups -OCH3 is 1. The Morgan fingerprint density at radius 1 is 1.07 bits per heavy atom. The summed E-state index contributed by atoms with van der Waals surface area (Å²) in [6.07, 6.45) is 0. The standard InChI is InChI=1S/C22H19ClN2O4S/c1-28-19-12-17(24)16(23)11-15(19)22(27)29-13-21(26)25-18-9-5-6-10-20(18)30-14-7-3-2-4-8-14/h2-12H,13,24H2,1H3,(H,25,26). The predicted molar refractivity (Wildman–Crippen MR) is 118 cm³/mol. The van der Waals surface area contributed by atoms with Gasteiger partial charge in [0.1, 0.15) is 11.3 Å². The minimum absolute atomic E-state index is 0.0875. The largest absolute Gasteiger partial charge is 0.496 e. The molecule has 0 fully saturated rings. The first-order valence-electron chi connectivity index (χ1n) is 8.90. The fraction of sp³-hybridized carbons (Fsp3) is 0.0909. The Bertz CT molecular complexity index is 1060. The summed E-state index contributed by atoms with van der Waals surface area (Å²) in [6.45, 7) is -0.464. The lowest BCUT2D eigenvalue weighted by molar-refractivity contribution is -0.119. The lowest BCUT2D eigenvalue weighted by Crippen LogP contribution is -2.21. The molecule has 6 nitrogen and oxygen atoms in total. The first-order chi connectivity index (χ1) is 14.5. The van der Waals surface area contributed by atoms with E-state index < -0.39 is 18.5 Å². The van der Waals surface area contributed by atoms with E-state index in [2.05, 4.69) is 5.32 Å². The number of halogens is 1. The van der Waals surface area contributed by atoms with E-state index in [-0.39, 0.29) is 22.0 Å². The number of amides is 1. The highest BCUT2D eigenvalue weighted by Crippen LogP contribution is 2.33. The second-order valence-electron chi connectivity index (χ2n) is 6.11. The lowest BCUT2D eigenvalue weighted by atomic mass is 10.2. The molecule has 0 saturated heterocycles. The molecule has 154 valence electrons. The van der Waals surface area contributed by atoms with Gasteiger partial charge in [0.05, 0.1) is 23.5 Å². The van der Waals surface area contributed by atoms with Gasteiger partial charge in [-0.2, -0.15) is 0 Å². The third-order valence-corrected chi connectivity index (χ3v) is 5.42. The van der Waals surface area contributed by atoms with E-state index >= 15 is 0 Å². The molecule has 8 heteroatoms. The molecule has 0 atom stereocenters. The maximum absolute atomic E-state index is 12.4. The van der Waals surface area contributed by atoms with Crippen molar-refractivity contribution in [1.29, 1.82) is 0 Å². The molecule has 0 unspecified atom stereocenters. The van der Waals surface area contributed by atoms with E-state index in [0.29, 0.717) is 5.69 Å². The van der Waals surface area contributed by atoms with E-state index in [9.17, 15) is 9.59 Å². The number of esters is 1. The highest BCUT2D eigenvalue weighted by molar-refractivity contribution is 7.99. The van der Waals surface area contributed by atoms with Crippen molar-refractivity contribution >= 4 is 46.6 Å². The van der Waals surface area contributed by atoms with Crippen molar-refractivity contribution in [2.24, 2.45) is 0 Å². The number of para-hydroxylation sites is 1. The van der Waals surface area contributed by atoms with Crippen LogP contribution in [0.25, 0.3) is 0 Å². The number of nitrogen functional groups attached to an aromatic ring is 1. The van der Waals surface area contributed by atoms with Crippen LogP contribution in [0.4, 0.5) is 11.4 Å². The maximum Gasteiger partial charge on any atom is 0.342 e. The van der Waals surface area contributed by atoms with Gasteiger partial charge in [-0.25, -0.2) is 4.79 Å². The molecule has 0 heterocycles. The molecule has 3 aromatic carbocycles. The number of nitrogens with one attached hydrogen (secondary N) is 1. The molecule has 0 aromatic heterocycles. The van der Waals surface area contributed by atoms with Gasteiger partial charge < -0.3 is 20.5 Å². The van der Waals surface area contributed by atoms with E-state index in [1.807, 2.05) is 48.5 Å². The molecule has 3 N–H and O–H groups in total. The summed E-state index contributed by atoms with van der Waals surface area (Å²) in [5, 5.41) is 2.97. The van der Waals surface area contributed by atoms with Crippen LogP contribution in [-0.4, -0.2) is 25.6 Å². The van der Waals surface area contributed by atoms with E-state index in [1.165, 1.54) is 31.0 Å². The third-order valence-electron chi connectivity index (χ3n) is 4.01. The number of anilines is 2. The van der Waals surface area contributed by atoms with E-state index in [1.54, 1.807) is 6.07 Å². The first kappa shape index (κ1) is 21.5. The van der Waals surface area contributed by atoms with Gasteiger partial charge in [0.25, 0.3) is 5.91 Å². The quantitative estimate of drug-likeness (QED) is 0.400. The van der Waals surface area contributed by atoms with Crippen LogP contribution in [0.5, 0.6) is 5.75 Å². The number of nitrogens with two attached hydrogens (primary N) is 1. The topological polar surface area (TPSA) is 90.7 Å². The Hall–Kier alpha value is -3.16. The molecule has 1 amide bonds. The van der Waals surface area contributed by atoms with Gasteiger partial charge in [-0.3, -0.25) is 4.79 Å². The Morgan fingerprint density at radius 2 is 1.77 bits per heavy atom. The zero-order valence-corrected chi connectivity index (χ0v) is 17.6. The molecule has 3 rings (SSSR count). The smallest absolute Gasteiger partial charge is 0.342 e. The van der Waals surface area contributed by atoms with Gasteiger partial charge in [-0.1, -0.05) is 53.7 Å². The van der Waals surface area contributed by atoms with Gasteiger partial charge in [-0.15, -0.1) is 0 Å². The zero-order chi connectivity index (χ0) is 21.5. The Labute approximate surface area is 183 Å². The van der Waals surface area contributed by atoms with Crippen LogP contribution < -0.4 is 15.8 Å². The Balaban J connectivity index is 1.64.